The van der Waals surface area contributed by atoms with E-state index < -0.39 is 4.92 Å². The average Bonchev–Trinajstić information content (AvgIpc) is 2.81. The first kappa shape index (κ1) is 20.8. The Bertz CT molecular complexity index is 1190. The van der Waals surface area contributed by atoms with Gasteiger partial charge in [0, 0.05) is 5.69 Å². The third kappa shape index (κ3) is 4.49. The van der Waals surface area contributed by atoms with Crippen molar-refractivity contribution >= 4 is 34.4 Å². The van der Waals surface area contributed by atoms with Gasteiger partial charge in [0.25, 0.3) is 0 Å². The molecule has 1 aromatic heterocycles. The van der Waals surface area contributed by atoms with Crippen molar-refractivity contribution in [3.63, 3.8) is 0 Å². The highest BCUT2D eigenvalue weighted by Gasteiger charge is 2.25. The second-order valence-corrected chi connectivity index (χ2v) is 7.24. The van der Waals surface area contributed by atoms with E-state index >= 15 is 0 Å². The first-order valence-electron chi connectivity index (χ1n) is 10.0. The van der Waals surface area contributed by atoms with Crippen molar-refractivity contribution in [1.29, 1.82) is 0 Å². The van der Waals surface area contributed by atoms with Crippen LogP contribution in [0.3, 0.4) is 0 Å². The van der Waals surface area contributed by atoms with E-state index in [-0.39, 0.29) is 17.3 Å². The van der Waals surface area contributed by atoms with Gasteiger partial charge in [-0.1, -0.05) is 48.5 Å². The number of benzene rings is 3. The van der Waals surface area contributed by atoms with E-state index in [0.29, 0.717) is 0 Å². The number of anilines is 5. The van der Waals surface area contributed by atoms with Gasteiger partial charge in [-0.2, -0.15) is 0 Å². The summed E-state index contributed by atoms with van der Waals surface area (Å²) >= 11 is 0. The fraction of sp³-hybridized carbons (Fsp3) is 0.0833. The van der Waals surface area contributed by atoms with E-state index in [0.717, 1.165) is 28.2 Å². The molecule has 0 fully saturated rings. The van der Waals surface area contributed by atoms with Crippen molar-refractivity contribution in [2.75, 3.05) is 15.8 Å². The molecule has 2 N–H and O–H groups in total. The number of rotatable bonds is 7. The Morgan fingerprint density at radius 1 is 0.844 bits per heavy atom. The van der Waals surface area contributed by atoms with Crippen LogP contribution in [-0.4, -0.2) is 14.9 Å². The molecule has 0 saturated carbocycles. The summed E-state index contributed by atoms with van der Waals surface area (Å²) < 4.78 is 0. The third-order valence-corrected chi connectivity index (χ3v) is 4.90. The van der Waals surface area contributed by atoms with Gasteiger partial charge in [-0.05, 0) is 55.3 Å². The van der Waals surface area contributed by atoms with Crippen LogP contribution in [0.2, 0.25) is 0 Å². The molecule has 8 nitrogen and oxygen atoms in total. The number of nitrogens with zero attached hydrogens (tertiary/aromatic N) is 4. The first-order valence-corrected chi connectivity index (χ1v) is 10.0. The summed E-state index contributed by atoms with van der Waals surface area (Å²) in [6, 6.07) is 24.9. The first-order chi connectivity index (χ1) is 15.5. The smallest absolute Gasteiger partial charge is 0.334 e. The normalized spacial score (nSPS) is 10.4. The van der Waals surface area contributed by atoms with Crippen LogP contribution in [0.25, 0.3) is 0 Å². The molecule has 4 rings (SSSR count). The lowest BCUT2D eigenvalue weighted by molar-refractivity contribution is -0.383. The van der Waals surface area contributed by atoms with Gasteiger partial charge in [0.1, 0.15) is 6.33 Å². The summed E-state index contributed by atoms with van der Waals surface area (Å²) in [5, 5.41) is 16.9. The minimum Gasteiger partial charge on any atom is -0.334 e. The zero-order valence-corrected chi connectivity index (χ0v) is 17.7. The van der Waals surface area contributed by atoms with Gasteiger partial charge in [-0.15, -0.1) is 0 Å². The molecule has 1 heterocycles. The minimum absolute atomic E-state index is 0.0745. The van der Waals surface area contributed by atoms with Crippen molar-refractivity contribution < 1.29 is 4.92 Å². The Morgan fingerprint density at radius 3 is 2.03 bits per heavy atom. The van der Waals surface area contributed by atoms with Crippen LogP contribution in [0.15, 0.2) is 85.2 Å². The number of nitrogens with one attached hydrogen (secondary N) is 2. The molecule has 0 amide bonds. The van der Waals surface area contributed by atoms with Crippen LogP contribution >= 0.6 is 0 Å². The molecule has 0 aliphatic carbocycles. The topological polar surface area (TPSA) is 96.2 Å². The molecule has 160 valence electrons. The van der Waals surface area contributed by atoms with Crippen LogP contribution in [0.4, 0.5) is 34.4 Å². The highest BCUT2D eigenvalue weighted by atomic mass is 16.6. The largest absolute Gasteiger partial charge is 0.355 e. The predicted octanol–water partition coefficient (Wildman–Crippen LogP) is 5.91. The van der Waals surface area contributed by atoms with Crippen molar-refractivity contribution in [3.8, 4) is 0 Å². The molecule has 0 bridgehead atoms. The standard InChI is InChI=1S/C24H22N6O2/c1-17-13-14-18(2)21(15-17)27-23-22(30(31)32)24(26-16-25-23)28-29(19-9-5-3-6-10-19)20-11-7-4-8-12-20/h3-16H,1-2H3,(H2,25,26,27,28). The van der Waals surface area contributed by atoms with Crippen molar-refractivity contribution in [1.82, 2.24) is 9.97 Å². The van der Waals surface area contributed by atoms with Crippen LogP contribution in [0.1, 0.15) is 11.1 Å². The number of aromatic nitrogens is 2. The molecule has 8 heteroatoms. The van der Waals surface area contributed by atoms with Crippen molar-refractivity contribution in [2.24, 2.45) is 0 Å². The summed E-state index contributed by atoms with van der Waals surface area (Å²) in [7, 11) is 0. The highest BCUT2D eigenvalue weighted by molar-refractivity contribution is 5.78. The Labute approximate surface area is 185 Å². The number of hydrogen-bond donors (Lipinski definition) is 2. The summed E-state index contributed by atoms with van der Waals surface area (Å²) in [6.45, 7) is 3.89. The fourth-order valence-corrected chi connectivity index (χ4v) is 3.26. The number of nitro groups is 1. The third-order valence-electron chi connectivity index (χ3n) is 4.90. The van der Waals surface area contributed by atoms with Crippen molar-refractivity contribution in [3.05, 3.63) is 106 Å². The zero-order chi connectivity index (χ0) is 22.5. The predicted molar refractivity (Wildman–Crippen MR) is 127 cm³/mol. The Kier molecular flexibility index (Phi) is 5.94. The molecule has 0 aliphatic heterocycles. The maximum atomic E-state index is 12.1. The molecule has 0 aliphatic rings. The average molecular weight is 426 g/mol. The summed E-state index contributed by atoms with van der Waals surface area (Å²) in [4.78, 5) is 19.9. The summed E-state index contributed by atoms with van der Waals surface area (Å²) in [5.74, 6) is 0.188. The SMILES string of the molecule is Cc1ccc(C)c(Nc2ncnc(NN(c3ccccc3)c3ccccc3)c2[N+](=O)[O-])c1. The molecular weight excluding hydrogens is 404 g/mol. The number of hydrogen-bond acceptors (Lipinski definition) is 7. The van der Waals surface area contributed by atoms with Crippen molar-refractivity contribution in [2.45, 2.75) is 13.8 Å². The van der Waals surface area contributed by atoms with Gasteiger partial charge in [0.05, 0.1) is 16.3 Å². The summed E-state index contributed by atoms with van der Waals surface area (Å²) in [5.41, 5.74) is 7.21. The van der Waals surface area contributed by atoms with E-state index in [1.54, 1.807) is 5.01 Å². The Balaban J connectivity index is 1.76. The molecule has 0 atom stereocenters. The van der Waals surface area contributed by atoms with Crippen LogP contribution in [0, 0.1) is 24.0 Å². The number of para-hydroxylation sites is 2. The van der Waals surface area contributed by atoms with Gasteiger partial charge in [-0.25, -0.2) is 9.97 Å². The Morgan fingerprint density at radius 2 is 1.44 bits per heavy atom. The highest BCUT2D eigenvalue weighted by Crippen LogP contribution is 2.34. The van der Waals surface area contributed by atoms with Gasteiger partial charge in [0.2, 0.25) is 11.6 Å². The number of aryl methyl sites for hydroxylation is 2. The van der Waals surface area contributed by atoms with E-state index in [9.17, 15) is 10.1 Å². The van der Waals surface area contributed by atoms with Gasteiger partial charge >= 0.3 is 5.69 Å². The summed E-state index contributed by atoms with van der Waals surface area (Å²) in [6.07, 6.45) is 1.30. The molecule has 3 aromatic carbocycles. The van der Waals surface area contributed by atoms with E-state index in [2.05, 4.69) is 20.7 Å². The second-order valence-electron chi connectivity index (χ2n) is 7.24. The van der Waals surface area contributed by atoms with Crippen LogP contribution < -0.4 is 15.8 Å². The quantitative estimate of drug-likeness (QED) is 0.280. The lowest BCUT2D eigenvalue weighted by Crippen LogP contribution is -2.26. The number of hydrazine groups is 1. The maximum absolute atomic E-state index is 12.1. The molecule has 0 spiro atoms. The molecule has 0 unspecified atom stereocenters. The Hall–Kier alpha value is -4.46. The zero-order valence-electron chi connectivity index (χ0n) is 17.7. The van der Waals surface area contributed by atoms with Gasteiger partial charge < -0.3 is 5.32 Å². The van der Waals surface area contributed by atoms with E-state index in [1.807, 2.05) is 92.7 Å². The van der Waals surface area contributed by atoms with Crippen LogP contribution in [-0.2, 0) is 0 Å². The van der Waals surface area contributed by atoms with Gasteiger partial charge in [-0.3, -0.25) is 20.5 Å². The fourth-order valence-electron chi connectivity index (χ4n) is 3.26. The lowest BCUT2D eigenvalue weighted by Gasteiger charge is -2.26. The monoisotopic (exact) mass is 426 g/mol. The molecule has 0 saturated heterocycles. The lowest BCUT2D eigenvalue weighted by atomic mass is 10.1. The molecule has 4 aromatic rings. The van der Waals surface area contributed by atoms with E-state index in [1.165, 1.54) is 6.33 Å². The maximum Gasteiger partial charge on any atom is 0.355 e. The van der Waals surface area contributed by atoms with E-state index in [4.69, 9.17) is 0 Å². The molecular formula is C24H22N6O2. The molecule has 0 radical (unpaired) electrons. The second kappa shape index (κ2) is 9.13. The molecule has 32 heavy (non-hydrogen) atoms. The minimum atomic E-state index is -0.482. The van der Waals surface area contributed by atoms with Crippen LogP contribution in [0.5, 0.6) is 0 Å². The van der Waals surface area contributed by atoms with Gasteiger partial charge in [0.15, 0.2) is 0 Å².